The van der Waals surface area contributed by atoms with Gasteiger partial charge in [0.2, 0.25) is 5.65 Å². The molecule has 0 unspecified atom stereocenters. The van der Waals surface area contributed by atoms with Gasteiger partial charge in [0.15, 0.2) is 5.69 Å². The molecule has 1 aromatic carbocycles. The zero-order chi connectivity index (χ0) is 14.3. The Balaban J connectivity index is 2.38. The Kier molecular flexibility index (Phi) is 2.78. The van der Waals surface area contributed by atoms with E-state index in [4.69, 9.17) is 4.74 Å². The molecule has 0 saturated carbocycles. The van der Waals surface area contributed by atoms with E-state index in [1.807, 2.05) is 24.3 Å². The molecule has 0 aliphatic heterocycles. The van der Waals surface area contributed by atoms with E-state index in [2.05, 4.69) is 4.98 Å². The second kappa shape index (κ2) is 4.48. The van der Waals surface area contributed by atoms with E-state index in [1.165, 1.54) is 10.8 Å². The molecule has 6 heteroatoms. The van der Waals surface area contributed by atoms with Crippen molar-refractivity contribution in [2.45, 2.75) is 6.92 Å². The monoisotopic (exact) mass is 271 g/mol. The molecule has 20 heavy (non-hydrogen) atoms. The molecule has 0 spiro atoms. The number of nitrogens with zero attached hydrogens (tertiary/aromatic N) is 3. The number of imidazole rings is 1. The van der Waals surface area contributed by atoms with Crippen molar-refractivity contribution in [2.75, 3.05) is 6.61 Å². The number of carbonyl (C=O) groups is 1. The van der Waals surface area contributed by atoms with E-state index < -0.39 is 5.97 Å². The Bertz CT molecular complexity index is 876. The van der Waals surface area contributed by atoms with Crippen LogP contribution >= 0.6 is 0 Å². The van der Waals surface area contributed by atoms with Crippen molar-refractivity contribution in [2.24, 2.45) is 7.05 Å². The highest BCUT2D eigenvalue weighted by Crippen LogP contribution is 2.14. The highest BCUT2D eigenvalue weighted by atomic mass is 16.5. The third-order valence-corrected chi connectivity index (χ3v) is 3.19. The van der Waals surface area contributed by atoms with Crippen LogP contribution in [0.4, 0.5) is 0 Å². The highest BCUT2D eigenvalue weighted by molar-refractivity contribution is 5.89. The van der Waals surface area contributed by atoms with E-state index in [-0.39, 0.29) is 23.5 Å². The zero-order valence-corrected chi connectivity index (χ0v) is 11.2. The normalized spacial score (nSPS) is 11.1. The van der Waals surface area contributed by atoms with E-state index in [0.29, 0.717) is 0 Å². The molecule has 0 N–H and O–H groups in total. The molecule has 0 fully saturated rings. The van der Waals surface area contributed by atoms with Crippen molar-refractivity contribution < 1.29 is 9.53 Å². The summed E-state index contributed by atoms with van der Waals surface area (Å²) in [4.78, 5) is 28.1. The van der Waals surface area contributed by atoms with Gasteiger partial charge in [0, 0.05) is 13.2 Å². The van der Waals surface area contributed by atoms with Gasteiger partial charge in [-0.15, -0.1) is 0 Å². The van der Waals surface area contributed by atoms with Crippen molar-refractivity contribution in [3.8, 4) is 0 Å². The van der Waals surface area contributed by atoms with E-state index >= 15 is 0 Å². The van der Waals surface area contributed by atoms with Gasteiger partial charge in [0.1, 0.15) is 0 Å². The molecule has 102 valence electrons. The fraction of sp³-hybridized carbons (Fsp3) is 0.214. The molecule has 3 rings (SSSR count). The fourth-order valence-corrected chi connectivity index (χ4v) is 2.23. The average molecular weight is 271 g/mol. The second-order valence-electron chi connectivity index (χ2n) is 4.39. The van der Waals surface area contributed by atoms with Gasteiger partial charge in [-0.3, -0.25) is 9.20 Å². The molecule has 0 atom stereocenters. The number of rotatable bonds is 2. The van der Waals surface area contributed by atoms with Crippen LogP contribution in [0.25, 0.3) is 16.7 Å². The molecule has 0 aliphatic carbocycles. The standard InChI is InChI=1S/C14H13N3O3/c1-3-20-14(19)9-8-17-11-7-5-4-6-10(11)16(2)13(18)12(17)15-9/h4-8H,3H2,1-2H3. The smallest absolute Gasteiger partial charge is 0.358 e. The number of benzene rings is 1. The van der Waals surface area contributed by atoms with Crippen molar-refractivity contribution in [3.05, 3.63) is 46.5 Å². The van der Waals surface area contributed by atoms with E-state index in [0.717, 1.165) is 11.0 Å². The number of carbonyl (C=O) groups excluding carboxylic acids is 1. The summed E-state index contributed by atoms with van der Waals surface area (Å²) < 4.78 is 8.07. The second-order valence-corrected chi connectivity index (χ2v) is 4.39. The summed E-state index contributed by atoms with van der Waals surface area (Å²) in [6, 6.07) is 7.45. The van der Waals surface area contributed by atoms with Gasteiger partial charge in [-0.05, 0) is 19.1 Å². The Hall–Kier alpha value is -2.63. The molecule has 0 bridgehead atoms. The minimum Gasteiger partial charge on any atom is -0.461 e. The zero-order valence-electron chi connectivity index (χ0n) is 11.2. The maximum absolute atomic E-state index is 12.3. The van der Waals surface area contributed by atoms with Gasteiger partial charge in [-0.1, -0.05) is 12.1 Å². The first-order valence-corrected chi connectivity index (χ1v) is 6.27. The van der Waals surface area contributed by atoms with Crippen LogP contribution in [-0.2, 0) is 11.8 Å². The Morgan fingerprint density at radius 1 is 1.30 bits per heavy atom. The largest absolute Gasteiger partial charge is 0.461 e. The molecule has 2 aromatic heterocycles. The predicted octanol–water partition coefficient (Wildman–Crippen LogP) is 1.36. The number of esters is 1. The highest BCUT2D eigenvalue weighted by Gasteiger charge is 2.16. The molecule has 2 heterocycles. The first-order valence-electron chi connectivity index (χ1n) is 6.27. The minimum atomic E-state index is -0.526. The van der Waals surface area contributed by atoms with Gasteiger partial charge in [-0.2, -0.15) is 0 Å². The lowest BCUT2D eigenvalue weighted by Gasteiger charge is -2.06. The van der Waals surface area contributed by atoms with Crippen molar-refractivity contribution in [3.63, 3.8) is 0 Å². The van der Waals surface area contributed by atoms with Crippen LogP contribution in [0.5, 0.6) is 0 Å². The van der Waals surface area contributed by atoms with E-state index in [1.54, 1.807) is 18.4 Å². The lowest BCUT2D eigenvalue weighted by atomic mass is 10.3. The average Bonchev–Trinajstić information content (AvgIpc) is 2.90. The summed E-state index contributed by atoms with van der Waals surface area (Å²) in [7, 11) is 1.68. The quantitative estimate of drug-likeness (QED) is 0.660. The Morgan fingerprint density at radius 2 is 2.00 bits per heavy atom. The number of fused-ring (bicyclic) bond motifs is 3. The van der Waals surface area contributed by atoms with Crippen LogP contribution in [0.15, 0.2) is 35.3 Å². The first-order chi connectivity index (χ1) is 9.63. The lowest BCUT2D eigenvalue weighted by molar-refractivity contribution is 0.0520. The predicted molar refractivity (Wildman–Crippen MR) is 73.9 cm³/mol. The minimum absolute atomic E-state index is 0.139. The van der Waals surface area contributed by atoms with Crippen LogP contribution in [0.3, 0.4) is 0 Å². The number of ether oxygens (including phenoxy) is 1. The Labute approximate surface area is 114 Å². The third-order valence-electron chi connectivity index (χ3n) is 3.19. The number of para-hydroxylation sites is 2. The molecule has 3 aromatic rings. The van der Waals surface area contributed by atoms with Crippen molar-refractivity contribution in [1.82, 2.24) is 14.0 Å². The Morgan fingerprint density at radius 3 is 2.70 bits per heavy atom. The van der Waals surface area contributed by atoms with Gasteiger partial charge in [-0.25, -0.2) is 9.78 Å². The number of hydrogen-bond acceptors (Lipinski definition) is 4. The van der Waals surface area contributed by atoms with Crippen LogP contribution in [0, 0.1) is 0 Å². The van der Waals surface area contributed by atoms with Crippen molar-refractivity contribution in [1.29, 1.82) is 0 Å². The van der Waals surface area contributed by atoms with Crippen LogP contribution in [0.1, 0.15) is 17.4 Å². The first kappa shape index (κ1) is 12.4. The summed E-state index contributed by atoms with van der Waals surface area (Å²) in [5.74, 6) is -0.526. The summed E-state index contributed by atoms with van der Waals surface area (Å²) in [6.45, 7) is 1.99. The van der Waals surface area contributed by atoms with Gasteiger partial charge in [0.25, 0.3) is 5.56 Å². The number of aryl methyl sites for hydroxylation is 1. The number of aromatic nitrogens is 3. The number of hydrogen-bond donors (Lipinski definition) is 0. The van der Waals surface area contributed by atoms with Crippen LogP contribution < -0.4 is 5.56 Å². The molecule has 0 aliphatic rings. The van der Waals surface area contributed by atoms with Gasteiger partial charge >= 0.3 is 5.97 Å². The summed E-state index contributed by atoms with van der Waals surface area (Å²) in [6.07, 6.45) is 1.54. The topological polar surface area (TPSA) is 65.6 Å². The van der Waals surface area contributed by atoms with Gasteiger partial charge < -0.3 is 9.30 Å². The molecule has 0 amide bonds. The lowest BCUT2D eigenvalue weighted by Crippen LogP contribution is -2.20. The van der Waals surface area contributed by atoms with Gasteiger partial charge in [0.05, 0.1) is 17.6 Å². The van der Waals surface area contributed by atoms with Crippen LogP contribution in [-0.4, -0.2) is 26.5 Å². The molecule has 6 nitrogen and oxygen atoms in total. The third kappa shape index (κ3) is 1.69. The molecule has 0 saturated heterocycles. The maximum atomic E-state index is 12.3. The molecular weight excluding hydrogens is 258 g/mol. The summed E-state index contributed by atoms with van der Waals surface area (Å²) in [5.41, 5.74) is 1.69. The molecular formula is C14H13N3O3. The maximum Gasteiger partial charge on any atom is 0.358 e. The summed E-state index contributed by atoms with van der Waals surface area (Å²) in [5, 5.41) is 0. The SMILES string of the molecule is CCOC(=O)c1cn2c(n1)c(=O)n(C)c1ccccc12. The van der Waals surface area contributed by atoms with Crippen LogP contribution in [0.2, 0.25) is 0 Å². The fourth-order valence-electron chi connectivity index (χ4n) is 2.23. The summed E-state index contributed by atoms with van der Waals surface area (Å²) >= 11 is 0. The molecule has 0 radical (unpaired) electrons. The van der Waals surface area contributed by atoms with E-state index in [9.17, 15) is 9.59 Å². The van der Waals surface area contributed by atoms with Crippen molar-refractivity contribution >= 4 is 22.6 Å².